The molecular weight excluding hydrogens is 406 g/mol. The van der Waals surface area contributed by atoms with Crippen molar-refractivity contribution >= 4 is 33.5 Å². The van der Waals surface area contributed by atoms with Crippen LogP contribution in [-0.4, -0.2) is 19.0 Å². The van der Waals surface area contributed by atoms with Gasteiger partial charge in [0.2, 0.25) is 0 Å². The molecule has 136 valence electrons. The number of nitrogens with one attached hydrogen (secondary N) is 1. The van der Waals surface area contributed by atoms with Crippen molar-refractivity contribution in [3.63, 3.8) is 0 Å². The second kappa shape index (κ2) is 8.18. The molecule has 0 saturated heterocycles. The van der Waals surface area contributed by atoms with Crippen LogP contribution in [0.25, 0.3) is 11.1 Å². The number of carbonyl (C=O) groups excluding carboxylic acids is 2. The quantitative estimate of drug-likeness (QED) is 0.566. The Bertz CT molecular complexity index is 1000. The fourth-order valence-corrected chi connectivity index (χ4v) is 3.14. The van der Waals surface area contributed by atoms with Gasteiger partial charge in [-0.1, -0.05) is 58.4 Å². The molecule has 0 spiro atoms. The van der Waals surface area contributed by atoms with Crippen LogP contribution in [-0.2, 0) is 4.74 Å². The van der Waals surface area contributed by atoms with E-state index < -0.39 is 5.97 Å². The third kappa shape index (κ3) is 4.26. The summed E-state index contributed by atoms with van der Waals surface area (Å²) in [6.07, 6.45) is 0. The fraction of sp³-hybridized carbons (Fsp3) is 0.0909. The number of carbonyl (C=O) groups is 2. The third-order valence-electron chi connectivity index (χ3n) is 4.22. The van der Waals surface area contributed by atoms with E-state index in [1.807, 2.05) is 55.5 Å². The molecule has 0 fully saturated rings. The largest absolute Gasteiger partial charge is 0.465 e. The summed E-state index contributed by atoms with van der Waals surface area (Å²) < 4.78 is 5.66. The van der Waals surface area contributed by atoms with Crippen LogP contribution in [0.1, 0.15) is 26.3 Å². The van der Waals surface area contributed by atoms with E-state index in [-0.39, 0.29) is 5.91 Å². The normalized spacial score (nSPS) is 10.3. The number of ether oxygens (including phenoxy) is 1. The van der Waals surface area contributed by atoms with Crippen LogP contribution >= 0.6 is 15.9 Å². The average Bonchev–Trinajstić information content (AvgIpc) is 2.69. The van der Waals surface area contributed by atoms with E-state index in [0.29, 0.717) is 16.8 Å². The minimum absolute atomic E-state index is 0.288. The highest BCUT2D eigenvalue weighted by molar-refractivity contribution is 9.10. The van der Waals surface area contributed by atoms with Crippen molar-refractivity contribution < 1.29 is 14.3 Å². The Labute approximate surface area is 166 Å². The summed E-state index contributed by atoms with van der Waals surface area (Å²) in [6, 6.07) is 20.5. The van der Waals surface area contributed by atoms with Crippen molar-refractivity contribution in [3.8, 4) is 11.1 Å². The third-order valence-corrected chi connectivity index (χ3v) is 4.72. The molecule has 0 aliphatic heterocycles. The number of aryl methyl sites for hydroxylation is 1. The Hall–Kier alpha value is -2.92. The van der Waals surface area contributed by atoms with Crippen molar-refractivity contribution in [2.75, 3.05) is 12.4 Å². The Morgan fingerprint density at radius 2 is 1.63 bits per heavy atom. The lowest BCUT2D eigenvalue weighted by molar-refractivity contribution is 0.0602. The maximum atomic E-state index is 12.8. The molecule has 3 aromatic rings. The molecule has 0 saturated carbocycles. The lowest BCUT2D eigenvalue weighted by atomic mass is 10.0. The second-order valence-electron chi connectivity index (χ2n) is 6.03. The van der Waals surface area contributed by atoms with Gasteiger partial charge in [0.15, 0.2) is 0 Å². The molecule has 1 amide bonds. The smallest absolute Gasteiger partial charge is 0.339 e. The number of anilines is 1. The molecule has 0 atom stereocenters. The van der Waals surface area contributed by atoms with Gasteiger partial charge in [-0.15, -0.1) is 0 Å². The number of hydrogen-bond donors (Lipinski definition) is 1. The fourth-order valence-electron chi connectivity index (χ4n) is 2.77. The Balaban J connectivity index is 2.02. The zero-order valence-electron chi connectivity index (χ0n) is 15.0. The number of hydrogen-bond acceptors (Lipinski definition) is 3. The Kier molecular flexibility index (Phi) is 5.72. The Morgan fingerprint density at radius 1 is 0.889 bits per heavy atom. The summed E-state index contributed by atoms with van der Waals surface area (Å²) in [5.41, 5.74) is 3.97. The summed E-state index contributed by atoms with van der Waals surface area (Å²) in [7, 11) is 1.32. The monoisotopic (exact) mass is 423 g/mol. The van der Waals surface area contributed by atoms with Crippen LogP contribution in [0, 0.1) is 6.92 Å². The van der Waals surface area contributed by atoms with Crippen LogP contribution in [0.3, 0.4) is 0 Å². The number of benzene rings is 3. The van der Waals surface area contributed by atoms with Crippen LogP contribution in [0.5, 0.6) is 0 Å². The molecular formula is C22H18BrNO3. The van der Waals surface area contributed by atoms with Crippen molar-refractivity contribution in [1.29, 1.82) is 0 Å². The molecule has 1 N–H and O–H groups in total. The number of halogens is 1. The van der Waals surface area contributed by atoms with Gasteiger partial charge in [-0.25, -0.2) is 4.79 Å². The zero-order valence-corrected chi connectivity index (χ0v) is 16.5. The van der Waals surface area contributed by atoms with E-state index in [1.54, 1.807) is 18.2 Å². The van der Waals surface area contributed by atoms with Crippen molar-refractivity contribution in [2.24, 2.45) is 0 Å². The van der Waals surface area contributed by atoms with Gasteiger partial charge in [0.05, 0.1) is 18.4 Å². The van der Waals surface area contributed by atoms with Crippen molar-refractivity contribution in [3.05, 3.63) is 87.9 Å². The topological polar surface area (TPSA) is 55.4 Å². The lowest BCUT2D eigenvalue weighted by Gasteiger charge is -2.13. The summed E-state index contributed by atoms with van der Waals surface area (Å²) >= 11 is 3.39. The summed E-state index contributed by atoms with van der Waals surface area (Å²) in [5.74, 6) is -0.792. The zero-order chi connectivity index (χ0) is 19.4. The van der Waals surface area contributed by atoms with Gasteiger partial charge in [0.1, 0.15) is 0 Å². The summed E-state index contributed by atoms with van der Waals surface area (Å²) in [5, 5.41) is 2.86. The van der Waals surface area contributed by atoms with Crippen LogP contribution < -0.4 is 5.32 Å². The molecule has 0 unspecified atom stereocenters. The molecule has 0 radical (unpaired) electrons. The van der Waals surface area contributed by atoms with Crippen LogP contribution in [0.15, 0.2) is 71.2 Å². The van der Waals surface area contributed by atoms with Gasteiger partial charge >= 0.3 is 5.97 Å². The summed E-state index contributed by atoms with van der Waals surface area (Å²) in [4.78, 5) is 25.0. The highest BCUT2D eigenvalue weighted by Gasteiger charge is 2.17. The van der Waals surface area contributed by atoms with Crippen LogP contribution in [0.4, 0.5) is 5.69 Å². The van der Waals surface area contributed by atoms with Crippen molar-refractivity contribution in [2.45, 2.75) is 6.92 Å². The van der Waals surface area contributed by atoms with Crippen LogP contribution in [0.2, 0.25) is 0 Å². The molecule has 3 aromatic carbocycles. The molecule has 0 heterocycles. The van der Waals surface area contributed by atoms with E-state index in [1.165, 1.54) is 7.11 Å². The van der Waals surface area contributed by atoms with Gasteiger partial charge in [-0.3, -0.25) is 4.79 Å². The highest BCUT2D eigenvalue weighted by atomic mass is 79.9. The lowest BCUT2D eigenvalue weighted by Crippen LogP contribution is -2.16. The van der Waals surface area contributed by atoms with Gasteiger partial charge in [-0.05, 0) is 47.9 Å². The minimum atomic E-state index is -0.504. The maximum Gasteiger partial charge on any atom is 0.339 e. The summed E-state index contributed by atoms with van der Waals surface area (Å²) in [6.45, 7) is 1.86. The molecule has 0 aliphatic rings. The molecule has 4 nitrogen and oxygen atoms in total. The molecule has 0 aliphatic carbocycles. The standard InChI is InChI=1S/C22H18BrNO3/c1-14-8-10-17(23)13-19(14)21(25)24-20-12-16(15-6-4-3-5-7-15)9-11-18(20)22(26)27-2/h3-13H,1-2H3,(H,24,25). The first-order chi connectivity index (χ1) is 13.0. The van der Waals surface area contributed by atoms with E-state index in [9.17, 15) is 9.59 Å². The SMILES string of the molecule is COC(=O)c1ccc(-c2ccccc2)cc1NC(=O)c1cc(Br)ccc1C. The predicted octanol–water partition coefficient (Wildman–Crippen LogP) is 5.46. The Morgan fingerprint density at radius 3 is 2.33 bits per heavy atom. The second-order valence-corrected chi connectivity index (χ2v) is 6.95. The van der Waals surface area contributed by atoms with Gasteiger partial charge in [0, 0.05) is 10.0 Å². The van der Waals surface area contributed by atoms with E-state index >= 15 is 0 Å². The minimum Gasteiger partial charge on any atom is -0.465 e. The van der Waals surface area contributed by atoms with Gasteiger partial charge in [0.25, 0.3) is 5.91 Å². The molecule has 5 heteroatoms. The van der Waals surface area contributed by atoms with Gasteiger partial charge in [-0.2, -0.15) is 0 Å². The first kappa shape index (κ1) is 18.9. The van der Waals surface area contributed by atoms with E-state index in [4.69, 9.17) is 4.74 Å². The first-order valence-corrected chi connectivity index (χ1v) is 9.14. The average molecular weight is 424 g/mol. The first-order valence-electron chi connectivity index (χ1n) is 8.35. The molecule has 3 rings (SSSR count). The molecule has 0 bridgehead atoms. The highest BCUT2D eigenvalue weighted by Crippen LogP contribution is 2.27. The molecule has 27 heavy (non-hydrogen) atoms. The number of esters is 1. The van der Waals surface area contributed by atoms with Gasteiger partial charge < -0.3 is 10.1 Å². The van der Waals surface area contributed by atoms with E-state index in [2.05, 4.69) is 21.2 Å². The predicted molar refractivity (Wildman–Crippen MR) is 110 cm³/mol. The number of rotatable bonds is 4. The van der Waals surface area contributed by atoms with E-state index in [0.717, 1.165) is 21.2 Å². The number of methoxy groups -OCH3 is 1. The maximum absolute atomic E-state index is 12.8. The number of amides is 1. The van der Waals surface area contributed by atoms with Crippen molar-refractivity contribution in [1.82, 2.24) is 0 Å². The molecule has 0 aromatic heterocycles.